The molecule has 1 saturated heterocycles. The van der Waals surface area contributed by atoms with Gasteiger partial charge in [-0.3, -0.25) is 0 Å². The highest BCUT2D eigenvalue weighted by Gasteiger charge is 2.34. The van der Waals surface area contributed by atoms with Crippen LogP contribution in [0.4, 0.5) is 4.79 Å². The first-order valence-corrected chi connectivity index (χ1v) is 5.88. The van der Waals surface area contributed by atoms with Gasteiger partial charge in [0, 0.05) is 20.1 Å². The van der Waals surface area contributed by atoms with Crippen molar-refractivity contribution in [1.29, 1.82) is 0 Å². The van der Waals surface area contributed by atoms with E-state index in [4.69, 9.17) is 5.73 Å². The van der Waals surface area contributed by atoms with Crippen LogP contribution in [0.2, 0.25) is 0 Å². The third-order valence-electron chi connectivity index (χ3n) is 3.48. The van der Waals surface area contributed by atoms with Crippen LogP contribution < -0.4 is 11.1 Å². The molecule has 2 amide bonds. The lowest BCUT2D eigenvalue weighted by Crippen LogP contribution is -2.55. The Morgan fingerprint density at radius 1 is 1.53 bits per heavy atom. The molecule has 4 nitrogen and oxygen atoms in total. The van der Waals surface area contributed by atoms with Gasteiger partial charge in [0.2, 0.25) is 0 Å². The fourth-order valence-electron chi connectivity index (χ4n) is 2.14. The number of carbonyl (C=O) groups excluding carboxylic acids is 1. The summed E-state index contributed by atoms with van der Waals surface area (Å²) in [5.41, 5.74) is 7.58. The van der Waals surface area contributed by atoms with E-state index in [1.54, 1.807) is 4.90 Å². The number of nitrogens with one attached hydrogen (secondary N) is 1. The number of hydrogen-bond acceptors (Lipinski definition) is 2. The highest BCUT2D eigenvalue weighted by Crippen LogP contribution is 2.28. The topological polar surface area (TPSA) is 58.4 Å². The SMILES string of the molecule is CN1CCC(C)(c2cccc(CN)c2)NC1=O. The number of rotatable bonds is 2. The van der Waals surface area contributed by atoms with E-state index in [1.165, 1.54) is 0 Å². The van der Waals surface area contributed by atoms with E-state index in [2.05, 4.69) is 18.3 Å². The molecule has 1 aromatic rings. The van der Waals surface area contributed by atoms with E-state index in [-0.39, 0.29) is 11.6 Å². The number of carbonyl (C=O) groups is 1. The van der Waals surface area contributed by atoms with Crippen LogP contribution in [0.5, 0.6) is 0 Å². The van der Waals surface area contributed by atoms with Crippen molar-refractivity contribution < 1.29 is 4.79 Å². The van der Waals surface area contributed by atoms with Gasteiger partial charge in [-0.15, -0.1) is 0 Å². The van der Waals surface area contributed by atoms with Crippen molar-refractivity contribution >= 4 is 6.03 Å². The van der Waals surface area contributed by atoms with Crippen molar-refractivity contribution in [2.24, 2.45) is 5.73 Å². The molecule has 2 rings (SSSR count). The van der Waals surface area contributed by atoms with Gasteiger partial charge in [0.15, 0.2) is 0 Å². The summed E-state index contributed by atoms with van der Waals surface area (Å²) in [6, 6.07) is 8.10. The van der Waals surface area contributed by atoms with E-state index in [1.807, 2.05) is 25.2 Å². The van der Waals surface area contributed by atoms with Gasteiger partial charge in [0.05, 0.1) is 5.54 Å². The summed E-state index contributed by atoms with van der Waals surface area (Å²) < 4.78 is 0. The zero-order chi connectivity index (χ0) is 12.5. The summed E-state index contributed by atoms with van der Waals surface area (Å²) in [5, 5.41) is 3.06. The van der Waals surface area contributed by atoms with Crippen molar-refractivity contribution in [1.82, 2.24) is 10.2 Å². The monoisotopic (exact) mass is 233 g/mol. The fraction of sp³-hybridized carbons (Fsp3) is 0.462. The largest absolute Gasteiger partial charge is 0.329 e. The summed E-state index contributed by atoms with van der Waals surface area (Å²) >= 11 is 0. The van der Waals surface area contributed by atoms with Gasteiger partial charge in [-0.05, 0) is 24.5 Å². The fourth-order valence-corrected chi connectivity index (χ4v) is 2.14. The predicted octanol–water partition coefficient (Wildman–Crippen LogP) is 1.41. The van der Waals surface area contributed by atoms with E-state index >= 15 is 0 Å². The maximum atomic E-state index is 11.7. The molecule has 92 valence electrons. The summed E-state index contributed by atoms with van der Waals surface area (Å²) in [4.78, 5) is 13.4. The Bertz CT molecular complexity index is 432. The Kier molecular flexibility index (Phi) is 3.07. The second kappa shape index (κ2) is 4.37. The standard InChI is InChI=1S/C13H19N3O/c1-13(6-7-16(2)12(17)15-13)11-5-3-4-10(8-11)9-14/h3-5,8H,6-7,9,14H2,1-2H3,(H,15,17). The third kappa shape index (κ3) is 2.26. The van der Waals surface area contributed by atoms with Crippen molar-refractivity contribution in [3.63, 3.8) is 0 Å². The van der Waals surface area contributed by atoms with Crippen LogP contribution >= 0.6 is 0 Å². The number of urea groups is 1. The zero-order valence-corrected chi connectivity index (χ0v) is 10.4. The lowest BCUT2D eigenvalue weighted by molar-refractivity contribution is 0.164. The van der Waals surface area contributed by atoms with E-state index in [0.717, 1.165) is 24.1 Å². The first-order chi connectivity index (χ1) is 8.05. The molecule has 1 unspecified atom stereocenters. The van der Waals surface area contributed by atoms with E-state index in [0.29, 0.717) is 6.54 Å². The lowest BCUT2D eigenvalue weighted by Gasteiger charge is -2.39. The maximum absolute atomic E-state index is 11.7. The summed E-state index contributed by atoms with van der Waals surface area (Å²) in [5.74, 6) is 0. The lowest BCUT2D eigenvalue weighted by atomic mass is 9.86. The van der Waals surface area contributed by atoms with Gasteiger partial charge in [0.1, 0.15) is 0 Å². The molecule has 0 spiro atoms. The molecule has 0 aliphatic carbocycles. The van der Waals surface area contributed by atoms with E-state index in [9.17, 15) is 4.79 Å². The molecule has 1 heterocycles. The first kappa shape index (κ1) is 11.9. The summed E-state index contributed by atoms with van der Waals surface area (Å²) in [6.45, 7) is 3.36. The Morgan fingerprint density at radius 3 is 2.94 bits per heavy atom. The Morgan fingerprint density at radius 2 is 2.29 bits per heavy atom. The highest BCUT2D eigenvalue weighted by molar-refractivity contribution is 5.76. The molecule has 0 bridgehead atoms. The van der Waals surface area contributed by atoms with Crippen LogP contribution in [0.1, 0.15) is 24.5 Å². The molecule has 3 N–H and O–H groups in total. The van der Waals surface area contributed by atoms with Crippen LogP contribution in [0, 0.1) is 0 Å². The van der Waals surface area contributed by atoms with Crippen LogP contribution in [0.3, 0.4) is 0 Å². The van der Waals surface area contributed by atoms with E-state index < -0.39 is 0 Å². The van der Waals surface area contributed by atoms with Gasteiger partial charge in [-0.1, -0.05) is 24.3 Å². The molecule has 0 saturated carbocycles. The van der Waals surface area contributed by atoms with Gasteiger partial charge in [-0.2, -0.15) is 0 Å². The molecule has 0 aromatic heterocycles. The van der Waals surface area contributed by atoms with Crippen molar-refractivity contribution in [2.75, 3.05) is 13.6 Å². The molecule has 1 atom stereocenters. The average Bonchev–Trinajstić information content (AvgIpc) is 2.34. The van der Waals surface area contributed by atoms with Gasteiger partial charge >= 0.3 is 6.03 Å². The molecule has 17 heavy (non-hydrogen) atoms. The molecule has 0 radical (unpaired) electrons. The highest BCUT2D eigenvalue weighted by atomic mass is 16.2. The maximum Gasteiger partial charge on any atom is 0.317 e. The third-order valence-corrected chi connectivity index (χ3v) is 3.48. The number of nitrogens with two attached hydrogens (primary N) is 1. The molecular formula is C13H19N3O. The second-order valence-electron chi connectivity index (χ2n) is 4.84. The average molecular weight is 233 g/mol. The number of benzene rings is 1. The predicted molar refractivity (Wildman–Crippen MR) is 67.5 cm³/mol. The van der Waals surface area contributed by atoms with Crippen LogP contribution in [-0.2, 0) is 12.1 Å². The van der Waals surface area contributed by atoms with Crippen molar-refractivity contribution in [3.05, 3.63) is 35.4 Å². The first-order valence-electron chi connectivity index (χ1n) is 5.88. The number of amides is 2. The van der Waals surface area contributed by atoms with Crippen LogP contribution in [-0.4, -0.2) is 24.5 Å². The Labute approximate surface area is 102 Å². The normalized spacial score (nSPS) is 24.6. The van der Waals surface area contributed by atoms with Gasteiger partial charge < -0.3 is 16.0 Å². The van der Waals surface area contributed by atoms with Crippen molar-refractivity contribution in [2.45, 2.75) is 25.4 Å². The molecule has 1 aliphatic heterocycles. The van der Waals surface area contributed by atoms with Gasteiger partial charge in [0.25, 0.3) is 0 Å². The number of hydrogen-bond donors (Lipinski definition) is 2. The minimum atomic E-state index is -0.283. The molecule has 1 aromatic carbocycles. The molecular weight excluding hydrogens is 214 g/mol. The quantitative estimate of drug-likeness (QED) is 0.811. The minimum Gasteiger partial charge on any atom is -0.329 e. The zero-order valence-electron chi connectivity index (χ0n) is 10.4. The van der Waals surface area contributed by atoms with Crippen molar-refractivity contribution in [3.8, 4) is 0 Å². The Balaban J connectivity index is 2.28. The smallest absolute Gasteiger partial charge is 0.317 e. The molecule has 1 aliphatic rings. The van der Waals surface area contributed by atoms with Crippen LogP contribution in [0.25, 0.3) is 0 Å². The van der Waals surface area contributed by atoms with Gasteiger partial charge in [-0.25, -0.2) is 4.79 Å². The molecule has 4 heteroatoms. The minimum absolute atomic E-state index is 0.0168. The summed E-state index contributed by atoms with van der Waals surface area (Å²) in [7, 11) is 1.81. The number of nitrogens with zero attached hydrogens (tertiary/aromatic N) is 1. The Hall–Kier alpha value is -1.55. The summed E-state index contributed by atoms with van der Waals surface area (Å²) in [6.07, 6.45) is 0.906. The van der Waals surface area contributed by atoms with Crippen LogP contribution in [0.15, 0.2) is 24.3 Å². The second-order valence-corrected chi connectivity index (χ2v) is 4.84. The molecule has 1 fully saturated rings.